The summed E-state index contributed by atoms with van der Waals surface area (Å²) in [5, 5.41) is 5.94. The number of aromatic nitrogens is 2. The van der Waals surface area contributed by atoms with Gasteiger partial charge in [0.25, 0.3) is 0 Å². The lowest BCUT2D eigenvalue weighted by Crippen LogP contribution is -2.44. The van der Waals surface area contributed by atoms with Gasteiger partial charge in [-0.2, -0.15) is 5.10 Å². The van der Waals surface area contributed by atoms with Gasteiger partial charge in [-0.1, -0.05) is 0 Å². The highest BCUT2D eigenvalue weighted by molar-refractivity contribution is 5.80. The molecule has 3 aliphatic rings. The number of rotatable bonds is 5. The number of methoxy groups -OCH3 is 1. The van der Waals surface area contributed by atoms with E-state index in [0.717, 1.165) is 11.8 Å². The fraction of sp³-hybridized carbons (Fsp3) is 0.682. The molecule has 1 saturated heterocycles. The molecule has 2 aromatic rings. The van der Waals surface area contributed by atoms with Crippen LogP contribution in [0.25, 0.3) is 10.9 Å². The van der Waals surface area contributed by atoms with Crippen LogP contribution in [0.2, 0.25) is 0 Å². The average Bonchev–Trinajstić information content (AvgIpc) is 3.44. The zero-order chi connectivity index (χ0) is 18.2. The first-order chi connectivity index (χ1) is 13.3. The van der Waals surface area contributed by atoms with Crippen LogP contribution in [0, 0.1) is 0 Å². The van der Waals surface area contributed by atoms with Crippen molar-refractivity contribution in [2.24, 2.45) is 0 Å². The van der Waals surface area contributed by atoms with Gasteiger partial charge in [-0.25, -0.2) is 0 Å². The van der Waals surface area contributed by atoms with Crippen LogP contribution in [0.3, 0.4) is 0 Å². The number of hydrogen-bond donors (Lipinski definition) is 0. The van der Waals surface area contributed by atoms with Crippen LogP contribution < -0.4 is 4.74 Å². The van der Waals surface area contributed by atoms with Crippen LogP contribution in [0.15, 0.2) is 24.4 Å². The monoisotopic (exact) mass is 369 g/mol. The minimum Gasteiger partial charge on any atom is -0.490 e. The predicted molar refractivity (Wildman–Crippen MR) is 106 cm³/mol. The Bertz CT molecular complexity index is 769. The number of fused-ring (bicyclic) bond motifs is 1. The molecule has 0 radical (unpaired) electrons. The molecule has 2 aliphatic carbocycles. The highest BCUT2D eigenvalue weighted by Crippen LogP contribution is 2.33. The number of piperidine rings is 1. The van der Waals surface area contributed by atoms with Crippen molar-refractivity contribution in [2.75, 3.05) is 20.2 Å². The van der Waals surface area contributed by atoms with Crippen molar-refractivity contribution in [1.29, 1.82) is 0 Å². The first-order valence-electron chi connectivity index (χ1n) is 10.7. The SMILES string of the molecule is COC1CCC(N2CCC(n3ncc4cc(OC5CC5)ccc43)CC2)CC1. The smallest absolute Gasteiger partial charge is 0.120 e. The second-order valence-corrected chi connectivity index (χ2v) is 8.56. The Kier molecular flexibility index (Phi) is 4.82. The molecular formula is C22H31N3O2. The largest absolute Gasteiger partial charge is 0.490 e. The maximum atomic E-state index is 5.93. The van der Waals surface area contributed by atoms with Gasteiger partial charge < -0.3 is 14.4 Å². The molecule has 146 valence electrons. The van der Waals surface area contributed by atoms with Gasteiger partial charge in [0.2, 0.25) is 0 Å². The van der Waals surface area contributed by atoms with Crippen molar-refractivity contribution in [1.82, 2.24) is 14.7 Å². The number of likely N-dealkylation sites (tertiary alicyclic amines) is 1. The van der Waals surface area contributed by atoms with Crippen molar-refractivity contribution in [2.45, 2.75) is 75.7 Å². The first kappa shape index (κ1) is 17.5. The molecule has 5 heteroatoms. The number of benzene rings is 1. The Labute approximate surface area is 161 Å². The lowest BCUT2D eigenvalue weighted by atomic mass is 9.90. The lowest BCUT2D eigenvalue weighted by Gasteiger charge is -2.40. The van der Waals surface area contributed by atoms with E-state index in [2.05, 4.69) is 27.8 Å². The molecule has 27 heavy (non-hydrogen) atoms. The Morgan fingerprint density at radius 1 is 0.889 bits per heavy atom. The zero-order valence-corrected chi connectivity index (χ0v) is 16.3. The zero-order valence-electron chi connectivity index (χ0n) is 16.3. The first-order valence-corrected chi connectivity index (χ1v) is 10.7. The summed E-state index contributed by atoms with van der Waals surface area (Å²) in [6, 6.07) is 7.74. The summed E-state index contributed by atoms with van der Waals surface area (Å²) in [5.41, 5.74) is 1.25. The fourth-order valence-corrected chi connectivity index (χ4v) is 4.92. The molecular weight excluding hydrogens is 338 g/mol. The van der Waals surface area contributed by atoms with Gasteiger partial charge in [0, 0.05) is 31.6 Å². The normalized spacial score (nSPS) is 27.9. The van der Waals surface area contributed by atoms with Crippen molar-refractivity contribution in [3.05, 3.63) is 24.4 Å². The third-order valence-electron chi connectivity index (χ3n) is 6.73. The molecule has 1 aromatic carbocycles. The molecule has 1 aromatic heterocycles. The molecule has 0 N–H and O–H groups in total. The average molecular weight is 370 g/mol. The summed E-state index contributed by atoms with van der Waals surface area (Å²) >= 11 is 0. The van der Waals surface area contributed by atoms with Gasteiger partial charge in [0.05, 0.1) is 30.0 Å². The second kappa shape index (κ2) is 7.44. The van der Waals surface area contributed by atoms with Gasteiger partial charge in [-0.05, 0) is 69.6 Å². The molecule has 0 amide bonds. The Morgan fingerprint density at radius 2 is 1.63 bits per heavy atom. The standard InChI is InChI=1S/C22H31N3O2/c1-26-19-4-2-17(3-5-19)24-12-10-18(11-13-24)25-22-9-8-21(27-20-6-7-20)14-16(22)15-23-25/h8-9,14-15,17-20H,2-7,10-13H2,1H3. The van der Waals surface area contributed by atoms with Gasteiger partial charge in [0.1, 0.15) is 5.75 Å². The summed E-state index contributed by atoms with van der Waals surface area (Å²) in [5.74, 6) is 0.992. The number of hydrogen-bond acceptors (Lipinski definition) is 4. The van der Waals surface area contributed by atoms with Crippen LogP contribution in [0.5, 0.6) is 5.75 Å². The third-order valence-corrected chi connectivity index (χ3v) is 6.73. The van der Waals surface area contributed by atoms with Gasteiger partial charge in [-0.3, -0.25) is 4.68 Å². The summed E-state index contributed by atoms with van der Waals surface area (Å²) in [7, 11) is 1.85. The quantitative estimate of drug-likeness (QED) is 0.793. The molecule has 5 nitrogen and oxygen atoms in total. The Balaban J connectivity index is 1.21. The summed E-state index contributed by atoms with van der Waals surface area (Å²) in [6.07, 6.45) is 12.7. The maximum Gasteiger partial charge on any atom is 0.120 e. The van der Waals surface area contributed by atoms with E-state index in [1.54, 1.807) is 0 Å². The van der Waals surface area contributed by atoms with Gasteiger partial charge in [-0.15, -0.1) is 0 Å². The van der Waals surface area contributed by atoms with Crippen molar-refractivity contribution < 1.29 is 9.47 Å². The Hall–Kier alpha value is -1.59. The van der Waals surface area contributed by atoms with Gasteiger partial charge >= 0.3 is 0 Å². The summed E-state index contributed by atoms with van der Waals surface area (Å²) in [4.78, 5) is 2.72. The highest BCUT2D eigenvalue weighted by atomic mass is 16.5. The molecule has 5 rings (SSSR count). The second-order valence-electron chi connectivity index (χ2n) is 8.56. The molecule has 1 aliphatic heterocycles. The number of ether oxygens (including phenoxy) is 2. The van der Waals surface area contributed by atoms with E-state index in [0.29, 0.717) is 18.2 Å². The van der Waals surface area contributed by atoms with Crippen LogP contribution in [-0.2, 0) is 4.74 Å². The van der Waals surface area contributed by atoms with E-state index in [1.807, 2.05) is 13.3 Å². The summed E-state index contributed by atoms with van der Waals surface area (Å²) in [6.45, 7) is 2.38. The molecule has 2 heterocycles. The highest BCUT2D eigenvalue weighted by Gasteiger charge is 2.30. The molecule has 0 atom stereocenters. The topological polar surface area (TPSA) is 39.5 Å². The van der Waals surface area contributed by atoms with Crippen LogP contribution in [0.1, 0.15) is 57.4 Å². The maximum absolute atomic E-state index is 5.93. The van der Waals surface area contributed by atoms with E-state index >= 15 is 0 Å². The third kappa shape index (κ3) is 3.72. The van der Waals surface area contributed by atoms with Crippen LogP contribution in [-0.4, -0.2) is 53.1 Å². The number of nitrogens with zero attached hydrogens (tertiary/aromatic N) is 3. The molecule has 2 saturated carbocycles. The van der Waals surface area contributed by atoms with E-state index in [-0.39, 0.29) is 0 Å². The van der Waals surface area contributed by atoms with Gasteiger partial charge in [0.15, 0.2) is 0 Å². The fourth-order valence-electron chi connectivity index (χ4n) is 4.92. The lowest BCUT2D eigenvalue weighted by molar-refractivity contribution is 0.0292. The van der Waals surface area contributed by atoms with E-state index in [4.69, 9.17) is 14.6 Å². The van der Waals surface area contributed by atoms with E-state index < -0.39 is 0 Å². The Morgan fingerprint density at radius 3 is 2.33 bits per heavy atom. The molecule has 3 fully saturated rings. The minimum atomic E-state index is 0.445. The van der Waals surface area contributed by atoms with Crippen LogP contribution in [0.4, 0.5) is 0 Å². The molecule has 0 unspecified atom stereocenters. The van der Waals surface area contributed by atoms with E-state index in [1.165, 1.54) is 75.4 Å². The van der Waals surface area contributed by atoms with E-state index in [9.17, 15) is 0 Å². The molecule has 0 spiro atoms. The molecule has 0 bridgehead atoms. The van der Waals surface area contributed by atoms with Crippen LogP contribution >= 0.6 is 0 Å². The minimum absolute atomic E-state index is 0.445. The van der Waals surface area contributed by atoms with Crippen molar-refractivity contribution in [3.63, 3.8) is 0 Å². The predicted octanol–water partition coefficient (Wildman–Crippen LogP) is 4.17. The van der Waals surface area contributed by atoms with Crippen molar-refractivity contribution >= 4 is 10.9 Å². The van der Waals surface area contributed by atoms with Crippen molar-refractivity contribution in [3.8, 4) is 5.75 Å². The summed E-state index contributed by atoms with van der Waals surface area (Å²) < 4.78 is 13.7.